The number of hydrogen-bond donors (Lipinski definition) is 0. The Kier molecular flexibility index (Phi) is 5.79. The highest BCUT2D eigenvalue weighted by atomic mass is 35.5. The molecule has 4 nitrogen and oxygen atoms in total. The van der Waals surface area contributed by atoms with E-state index in [4.69, 9.17) is 16.3 Å². The number of aromatic nitrogens is 1. The molecule has 3 aromatic rings. The Morgan fingerprint density at radius 2 is 2.00 bits per heavy atom. The molecule has 130 valence electrons. The number of ketones is 1. The number of halogens is 1. The molecule has 1 atom stereocenters. The minimum atomic E-state index is -0.945. The van der Waals surface area contributed by atoms with E-state index in [2.05, 4.69) is 11.1 Å². The molecule has 1 heterocycles. The van der Waals surface area contributed by atoms with Gasteiger partial charge in [-0.1, -0.05) is 48.0 Å². The van der Waals surface area contributed by atoms with Crippen molar-refractivity contribution in [2.75, 3.05) is 7.11 Å². The van der Waals surface area contributed by atoms with Crippen molar-refractivity contribution in [1.82, 2.24) is 4.98 Å². The first-order chi connectivity index (χ1) is 12.6. The van der Waals surface area contributed by atoms with Crippen molar-refractivity contribution in [3.05, 3.63) is 75.1 Å². The van der Waals surface area contributed by atoms with E-state index >= 15 is 0 Å². The van der Waals surface area contributed by atoms with Gasteiger partial charge in [0.2, 0.25) is 0 Å². The molecule has 0 amide bonds. The number of hydrogen-bond acceptors (Lipinski definition) is 5. The molecule has 0 spiro atoms. The Bertz CT molecular complexity index is 960. The number of benzene rings is 2. The second kappa shape index (κ2) is 8.24. The maximum absolute atomic E-state index is 12.9. The van der Waals surface area contributed by atoms with Gasteiger partial charge in [-0.3, -0.25) is 4.79 Å². The number of rotatable bonds is 6. The number of Topliss-reactive ketones (excluding diaryl/α,β-unsaturated/α-hetero) is 1. The van der Waals surface area contributed by atoms with Crippen molar-refractivity contribution < 1.29 is 9.53 Å². The van der Waals surface area contributed by atoms with Gasteiger partial charge in [0.25, 0.3) is 0 Å². The van der Waals surface area contributed by atoms with Gasteiger partial charge in [-0.05, 0) is 17.7 Å². The Hall–Kier alpha value is -2.52. The van der Waals surface area contributed by atoms with Gasteiger partial charge < -0.3 is 4.74 Å². The number of ether oxygens (including phenoxy) is 1. The fraction of sp³-hybridized carbons (Fsp3) is 0.150. The fourth-order valence-electron chi connectivity index (χ4n) is 2.60. The molecule has 6 heteroatoms. The normalized spacial score (nSPS) is 11.7. The minimum Gasteiger partial charge on any atom is -0.380 e. The number of thiazole rings is 1. The Morgan fingerprint density at radius 1 is 1.27 bits per heavy atom. The molecule has 0 unspecified atom stereocenters. The lowest BCUT2D eigenvalue weighted by Crippen LogP contribution is -2.13. The first-order valence-corrected chi connectivity index (χ1v) is 9.12. The molecule has 0 N–H and O–H groups in total. The zero-order valence-corrected chi connectivity index (χ0v) is 15.6. The van der Waals surface area contributed by atoms with E-state index in [0.717, 1.165) is 16.8 Å². The summed E-state index contributed by atoms with van der Waals surface area (Å²) >= 11 is 7.22. The SMILES string of the molecule is COCc1ccccc1C(=O)[C@@H](C#N)c1nc(-c2ccc(Cl)cc2)cs1. The van der Waals surface area contributed by atoms with E-state index in [1.165, 1.54) is 11.3 Å². The van der Waals surface area contributed by atoms with Crippen LogP contribution in [0, 0.1) is 11.3 Å². The average Bonchev–Trinajstić information content (AvgIpc) is 3.13. The van der Waals surface area contributed by atoms with E-state index in [0.29, 0.717) is 22.2 Å². The van der Waals surface area contributed by atoms with Crippen molar-refractivity contribution in [1.29, 1.82) is 5.26 Å². The molecular formula is C20H15ClN2O2S. The van der Waals surface area contributed by atoms with E-state index in [1.807, 2.05) is 29.6 Å². The summed E-state index contributed by atoms with van der Waals surface area (Å²) in [5.74, 6) is -1.21. The topological polar surface area (TPSA) is 63.0 Å². The molecule has 0 aliphatic carbocycles. The maximum Gasteiger partial charge on any atom is 0.187 e. The zero-order chi connectivity index (χ0) is 18.5. The van der Waals surface area contributed by atoms with E-state index in [1.54, 1.807) is 31.4 Å². The third-order valence-electron chi connectivity index (χ3n) is 3.88. The second-order valence-corrected chi connectivity index (χ2v) is 6.92. The summed E-state index contributed by atoms with van der Waals surface area (Å²) in [7, 11) is 1.57. The summed E-state index contributed by atoms with van der Waals surface area (Å²) in [6, 6.07) is 16.5. The van der Waals surface area contributed by atoms with Gasteiger partial charge in [-0.25, -0.2) is 4.98 Å². The predicted octanol–water partition coefficient (Wildman–Crippen LogP) is 5.10. The van der Waals surface area contributed by atoms with Crippen LogP contribution in [0.2, 0.25) is 5.02 Å². The lowest BCUT2D eigenvalue weighted by molar-refractivity contribution is 0.0974. The van der Waals surface area contributed by atoms with Gasteiger partial charge in [0, 0.05) is 28.6 Å². The first kappa shape index (κ1) is 18.3. The number of nitrogens with zero attached hydrogens (tertiary/aromatic N) is 2. The van der Waals surface area contributed by atoms with Crippen LogP contribution < -0.4 is 0 Å². The Morgan fingerprint density at radius 3 is 2.69 bits per heavy atom. The quantitative estimate of drug-likeness (QED) is 0.556. The largest absolute Gasteiger partial charge is 0.380 e. The molecule has 0 radical (unpaired) electrons. The van der Waals surface area contributed by atoms with Gasteiger partial charge in [0.05, 0.1) is 18.4 Å². The molecule has 0 aliphatic rings. The maximum atomic E-state index is 12.9. The highest BCUT2D eigenvalue weighted by Gasteiger charge is 2.26. The fourth-order valence-corrected chi connectivity index (χ4v) is 3.59. The van der Waals surface area contributed by atoms with Crippen LogP contribution in [-0.4, -0.2) is 17.9 Å². The summed E-state index contributed by atoms with van der Waals surface area (Å²) in [6.07, 6.45) is 0. The number of carbonyl (C=O) groups excluding carboxylic acids is 1. The van der Waals surface area contributed by atoms with Crippen LogP contribution in [0.15, 0.2) is 53.9 Å². The number of carbonyl (C=O) groups is 1. The molecule has 0 bridgehead atoms. The van der Waals surface area contributed by atoms with Crippen LogP contribution in [0.1, 0.15) is 26.8 Å². The summed E-state index contributed by atoms with van der Waals surface area (Å²) in [6.45, 7) is 0.313. The Balaban J connectivity index is 1.91. The third kappa shape index (κ3) is 3.83. The van der Waals surface area contributed by atoms with Crippen LogP contribution in [0.5, 0.6) is 0 Å². The molecular weight excluding hydrogens is 368 g/mol. The van der Waals surface area contributed by atoms with Gasteiger partial charge >= 0.3 is 0 Å². The molecule has 3 rings (SSSR count). The summed E-state index contributed by atoms with van der Waals surface area (Å²) < 4.78 is 5.15. The van der Waals surface area contributed by atoms with Crippen LogP contribution >= 0.6 is 22.9 Å². The van der Waals surface area contributed by atoms with Crippen LogP contribution in [0.4, 0.5) is 0 Å². The van der Waals surface area contributed by atoms with Crippen molar-refractivity contribution in [2.24, 2.45) is 0 Å². The number of nitriles is 1. The number of methoxy groups -OCH3 is 1. The van der Waals surface area contributed by atoms with Gasteiger partial charge in [-0.15, -0.1) is 11.3 Å². The average molecular weight is 383 g/mol. The second-order valence-electron chi connectivity index (χ2n) is 5.59. The minimum absolute atomic E-state index is 0.267. The molecule has 0 fully saturated rings. The zero-order valence-electron chi connectivity index (χ0n) is 14.0. The van der Waals surface area contributed by atoms with Gasteiger partial charge in [-0.2, -0.15) is 5.26 Å². The summed E-state index contributed by atoms with van der Waals surface area (Å²) in [5, 5.41) is 12.6. The summed E-state index contributed by atoms with van der Waals surface area (Å²) in [5.41, 5.74) is 2.86. The lowest BCUT2D eigenvalue weighted by Gasteiger charge is -2.10. The molecule has 1 aromatic heterocycles. The van der Waals surface area contributed by atoms with E-state index in [9.17, 15) is 10.1 Å². The van der Waals surface area contributed by atoms with Gasteiger partial charge in [0.1, 0.15) is 5.01 Å². The lowest BCUT2D eigenvalue weighted by atomic mass is 9.95. The molecule has 0 aliphatic heterocycles. The van der Waals surface area contributed by atoms with Crippen molar-refractivity contribution in [3.8, 4) is 17.3 Å². The van der Waals surface area contributed by atoms with Crippen LogP contribution in [-0.2, 0) is 11.3 Å². The molecule has 0 saturated carbocycles. The highest BCUT2D eigenvalue weighted by Crippen LogP contribution is 2.30. The van der Waals surface area contributed by atoms with Crippen LogP contribution in [0.25, 0.3) is 11.3 Å². The highest BCUT2D eigenvalue weighted by molar-refractivity contribution is 7.10. The predicted molar refractivity (Wildman–Crippen MR) is 102 cm³/mol. The standard InChI is InChI=1S/C20H15ClN2O2S/c1-25-11-14-4-2-3-5-16(14)19(24)17(10-22)20-23-18(12-26-20)13-6-8-15(21)9-7-13/h2-9,12,17H,11H2,1H3/t17-/m1/s1. The van der Waals surface area contributed by atoms with E-state index < -0.39 is 5.92 Å². The van der Waals surface area contributed by atoms with Crippen molar-refractivity contribution >= 4 is 28.7 Å². The third-order valence-corrected chi connectivity index (χ3v) is 5.04. The summed E-state index contributed by atoms with van der Waals surface area (Å²) in [4.78, 5) is 17.4. The first-order valence-electron chi connectivity index (χ1n) is 7.86. The van der Waals surface area contributed by atoms with Crippen molar-refractivity contribution in [2.45, 2.75) is 12.5 Å². The Labute approximate surface area is 160 Å². The van der Waals surface area contributed by atoms with Gasteiger partial charge in [0.15, 0.2) is 11.7 Å². The molecule has 26 heavy (non-hydrogen) atoms. The molecule has 0 saturated heterocycles. The monoisotopic (exact) mass is 382 g/mol. The molecule has 2 aromatic carbocycles. The smallest absolute Gasteiger partial charge is 0.187 e. The van der Waals surface area contributed by atoms with Crippen LogP contribution in [0.3, 0.4) is 0 Å². The van der Waals surface area contributed by atoms with E-state index in [-0.39, 0.29) is 5.78 Å². The van der Waals surface area contributed by atoms with Crippen molar-refractivity contribution in [3.63, 3.8) is 0 Å².